The van der Waals surface area contributed by atoms with E-state index < -0.39 is 12.1 Å². The first kappa shape index (κ1) is 24.9. The maximum absolute atomic E-state index is 13.3. The van der Waals surface area contributed by atoms with Crippen LogP contribution < -0.4 is 24.8 Å². The highest BCUT2D eigenvalue weighted by Crippen LogP contribution is 2.28. The molecule has 4 heterocycles. The summed E-state index contributed by atoms with van der Waals surface area (Å²) in [5, 5.41) is 5.87. The molecule has 3 amide bonds. The van der Waals surface area contributed by atoms with E-state index in [1.54, 1.807) is 23.1 Å². The first-order valence-corrected chi connectivity index (χ1v) is 12.6. The highest BCUT2D eigenvalue weighted by molar-refractivity contribution is 5.95. The van der Waals surface area contributed by atoms with Crippen LogP contribution in [0.1, 0.15) is 28.8 Å². The number of nitrogens with one attached hydrogen (secondary N) is 2. The third-order valence-electron chi connectivity index (χ3n) is 6.98. The highest BCUT2D eigenvalue weighted by Gasteiger charge is 2.38. The Kier molecular flexibility index (Phi) is 7.45. The fourth-order valence-corrected chi connectivity index (χ4v) is 4.91. The third-order valence-corrected chi connectivity index (χ3v) is 6.98. The largest absolute Gasteiger partial charge is 0.493 e. The molecule has 0 spiro atoms. The standard InChI is InChI=1S/C27H32N4O6/c1-35-22-9-6-19-12-23(22)36-17-25(32)28-13-18-4-7-20(8-5-18)37-24-15-31(14-21(24)29-27(19)34)26(33)16-30-10-2-3-11-30/h4-9,12,21,24H,2-3,10-11,13-17H2,1H3,(H,28,32)(H,29,34)/t21-,24-/m0/s1. The Labute approximate surface area is 215 Å². The van der Waals surface area contributed by atoms with Gasteiger partial charge in [-0.05, 0) is 61.8 Å². The van der Waals surface area contributed by atoms with Crippen LogP contribution >= 0.6 is 0 Å². The number of carbonyl (C=O) groups excluding carboxylic acids is 3. The zero-order chi connectivity index (χ0) is 25.8. The van der Waals surface area contributed by atoms with Crippen molar-refractivity contribution in [2.75, 3.05) is 46.4 Å². The maximum Gasteiger partial charge on any atom is 0.258 e. The van der Waals surface area contributed by atoms with Gasteiger partial charge in [-0.15, -0.1) is 0 Å². The molecule has 196 valence electrons. The molecule has 2 saturated heterocycles. The fourth-order valence-electron chi connectivity index (χ4n) is 4.91. The van der Waals surface area contributed by atoms with Crippen LogP contribution in [0.15, 0.2) is 42.5 Å². The number of methoxy groups -OCH3 is 1. The number of nitrogens with zero attached hydrogens (tertiary/aromatic N) is 2. The van der Waals surface area contributed by atoms with E-state index in [0.29, 0.717) is 49.0 Å². The Bertz CT molecular complexity index is 1150. The minimum Gasteiger partial charge on any atom is -0.493 e. The van der Waals surface area contributed by atoms with E-state index >= 15 is 0 Å². The van der Waals surface area contributed by atoms with Gasteiger partial charge in [0.1, 0.15) is 11.9 Å². The van der Waals surface area contributed by atoms with E-state index in [4.69, 9.17) is 14.2 Å². The lowest BCUT2D eigenvalue weighted by Gasteiger charge is -2.21. The van der Waals surface area contributed by atoms with Gasteiger partial charge in [0.05, 0.1) is 26.2 Å². The van der Waals surface area contributed by atoms with E-state index in [9.17, 15) is 14.4 Å². The molecule has 10 heteroatoms. The van der Waals surface area contributed by atoms with Crippen LogP contribution in [0, 0.1) is 0 Å². The minimum atomic E-state index is -0.415. The van der Waals surface area contributed by atoms with Gasteiger partial charge in [0.2, 0.25) is 5.91 Å². The second kappa shape index (κ2) is 11.1. The summed E-state index contributed by atoms with van der Waals surface area (Å²) >= 11 is 0. The molecule has 0 aromatic heterocycles. The van der Waals surface area contributed by atoms with Crippen LogP contribution in [0.4, 0.5) is 0 Å². The molecule has 6 rings (SSSR count). The summed E-state index contributed by atoms with van der Waals surface area (Å²) in [4.78, 5) is 42.6. The molecule has 0 aliphatic carbocycles. The number of rotatable bonds is 3. The molecule has 10 nitrogen and oxygen atoms in total. The topological polar surface area (TPSA) is 109 Å². The second-order valence-electron chi connectivity index (χ2n) is 9.59. The zero-order valence-electron chi connectivity index (χ0n) is 20.9. The van der Waals surface area contributed by atoms with Gasteiger partial charge in [-0.3, -0.25) is 19.3 Å². The molecule has 0 saturated carbocycles. The molecular weight excluding hydrogens is 476 g/mol. The van der Waals surface area contributed by atoms with Crippen molar-refractivity contribution < 1.29 is 28.6 Å². The Hall–Kier alpha value is -3.79. The molecular formula is C27H32N4O6. The average molecular weight is 509 g/mol. The minimum absolute atomic E-state index is 0.0422. The molecule has 2 atom stereocenters. The monoisotopic (exact) mass is 508 g/mol. The van der Waals surface area contributed by atoms with E-state index in [0.717, 1.165) is 31.5 Å². The Balaban J connectivity index is 1.40. The maximum atomic E-state index is 13.3. The van der Waals surface area contributed by atoms with Crippen molar-refractivity contribution in [3.8, 4) is 17.2 Å². The van der Waals surface area contributed by atoms with Gasteiger partial charge in [0.25, 0.3) is 11.8 Å². The van der Waals surface area contributed by atoms with Gasteiger partial charge in [-0.2, -0.15) is 0 Å². The number of carbonyl (C=O) groups is 3. The van der Waals surface area contributed by atoms with E-state index in [1.165, 1.54) is 7.11 Å². The van der Waals surface area contributed by atoms with Crippen LogP contribution in [-0.2, 0) is 16.1 Å². The molecule has 0 radical (unpaired) electrons. The molecule has 2 N–H and O–H groups in total. The predicted molar refractivity (Wildman–Crippen MR) is 135 cm³/mol. The SMILES string of the molecule is COc1ccc2cc1OCC(=O)NCc1ccc(cc1)O[C@H]1CN(C(=O)CN3CCCC3)C[C@@H]1NC2=O. The van der Waals surface area contributed by atoms with Crippen molar-refractivity contribution in [3.63, 3.8) is 0 Å². The normalized spacial score (nSPS) is 22.4. The number of benzene rings is 2. The smallest absolute Gasteiger partial charge is 0.258 e. The predicted octanol–water partition coefficient (Wildman–Crippen LogP) is 1.19. The Morgan fingerprint density at radius 3 is 2.62 bits per heavy atom. The summed E-state index contributed by atoms with van der Waals surface area (Å²) in [5.74, 6) is 0.755. The Morgan fingerprint density at radius 2 is 1.86 bits per heavy atom. The van der Waals surface area contributed by atoms with Crippen LogP contribution in [-0.4, -0.2) is 86.1 Å². The second-order valence-corrected chi connectivity index (χ2v) is 9.59. The first-order valence-electron chi connectivity index (χ1n) is 12.6. The molecule has 2 aromatic carbocycles. The molecule has 2 fully saturated rings. The summed E-state index contributed by atoms with van der Waals surface area (Å²) in [5.41, 5.74) is 1.26. The van der Waals surface area contributed by atoms with Crippen LogP contribution in [0.2, 0.25) is 0 Å². The van der Waals surface area contributed by atoms with Crippen LogP contribution in [0.3, 0.4) is 0 Å². The number of ether oxygens (including phenoxy) is 3. The lowest BCUT2D eigenvalue weighted by Crippen LogP contribution is -2.45. The summed E-state index contributed by atoms with van der Waals surface area (Å²) in [6, 6.07) is 11.8. The van der Waals surface area contributed by atoms with Crippen molar-refractivity contribution in [1.82, 2.24) is 20.4 Å². The van der Waals surface area contributed by atoms with E-state index in [-0.39, 0.29) is 24.3 Å². The summed E-state index contributed by atoms with van der Waals surface area (Å²) < 4.78 is 17.3. The zero-order valence-corrected chi connectivity index (χ0v) is 20.9. The number of hydrogen-bond acceptors (Lipinski definition) is 7. The number of likely N-dealkylation sites (tertiary alicyclic amines) is 2. The number of amides is 3. The van der Waals surface area contributed by atoms with Crippen molar-refractivity contribution in [3.05, 3.63) is 53.6 Å². The van der Waals surface area contributed by atoms with Gasteiger partial charge in [0.15, 0.2) is 18.1 Å². The fraction of sp³-hybridized carbons (Fsp3) is 0.444. The van der Waals surface area contributed by atoms with Gasteiger partial charge in [-0.25, -0.2) is 0 Å². The van der Waals surface area contributed by atoms with Gasteiger partial charge >= 0.3 is 0 Å². The third kappa shape index (κ3) is 5.96. The average Bonchev–Trinajstić information content (AvgIpc) is 3.56. The molecule has 4 aliphatic heterocycles. The van der Waals surface area contributed by atoms with Crippen molar-refractivity contribution in [2.45, 2.75) is 31.5 Å². The van der Waals surface area contributed by atoms with Crippen LogP contribution in [0.5, 0.6) is 17.2 Å². The summed E-state index contributed by atoms with van der Waals surface area (Å²) in [6.45, 7) is 3.12. The quantitative estimate of drug-likeness (QED) is 0.641. The lowest BCUT2D eigenvalue weighted by molar-refractivity contribution is -0.131. The lowest BCUT2D eigenvalue weighted by atomic mass is 10.1. The Morgan fingerprint density at radius 1 is 1.08 bits per heavy atom. The molecule has 2 aromatic rings. The van der Waals surface area contributed by atoms with Crippen LogP contribution in [0.25, 0.3) is 0 Å². The number of fused-ring (bicyclic) bond motifs is 7. The van der Waals surface area contributed by atoms with Gasteiger partial charge in [0, 0.05) is 18.7 Å². The summed E-state index contributed by atoms with van der Waals surface area (Å²) in [7, 11) is 1.50. The highest BCUT2D eigenvalue weighted by atomic mass is 16.5. The summed E-state index contributed by atoms with van der Waals surface area (Å²) in [6.07, 6.45) is 1.82. The van der Waals surface area contributed by atoms with Crippen molar-refractivity contribution >= 4 is 17.7 Å². The van der Waals surface area contributed by atoms with Crippen molar-refractivity contribution in [2.24, 2.45) is 0 Å². The molecule has 0 unspecified atom stereocenters. The first-order chi connectivity index (χ1) is 18.0. The van der Waals surface area contributed by atoms with E-state index in [2.05, 4.69) is 15.5 Å². The molecule has 4 aliphatic rings. The van der Waals surface area contributed by atoms with Gasteiger partial charge < -0.3 is 29.7 Å². The molecule has 37 heavy (non-hydrogen) atoms. The van der Waals surface area contributed by atoms with Crippen molar-refractivity contribution in [1.29, 1.82) is 0 Å². The van der Waals surface area contributed by atoms with E-state index in [1.807, 2.05) is 24.3 Å². The van der Waals surface area contributed by atoms with Gasteiger partial charge in [-0.1, -0.05) is 12.1 Å². The molecule has 4 bridgehead atoms. The number of hydrogen-bond donors (Lipinski definition) is 2.